The lowest BCUT2D eigenvalue weighted by molar-refractivity contribution is -0.136. The lowest BCUT2D eigenvalue weighted by atomic mass is 10.0. The van der Waals surface area contributed by atoms with Crippen molar-refractivity contribution in [2.24, 2.45) is 10.3 Å². The number of sulfonamides is 1. The van der Waals surface area contributed by atoms with Gasteiger partial charge in [0.25, 0.3) is 10.0 Å². The smallest absolute Gasteiger partial charge is 0.285 e. The van der Waals surface area contributed by atoms with E-state index in [1.54, 1.807) is 24.3 Å². The summed E-state index contributed by atoms with van der Waals surface area (Å²) in [5.74, 6) is 0.657. The van der Waals surface area contributed by atoms with Gasteiger partial charge in [0.05, 0.1) is 6.07 Å². The SMILES string of the molecule is CC(C)C(C#N)N1CCN(C(=O)[C@@H]2CCCN2C2=NS(=O)(=O)c3ccccc32)CC1. The van der Waals surface area contributed by atoms with E-state index in [2.05, 4.69) is 15.4 Å². The van der Waals surface area contributed by atoms with Crippen molar-refractivity contribution in [1.82, 2.24) is 14.7 Å². The van der Waals surface area contributed by atoms with Crippen molar-refractivity contribution < 1.29 is 13.2 Å². The molecule has 2 fully saturated rings. The summed E-state index contributed by atoms with van der Waals surface area (Å²) < 4.78 is 28.9. The Kier molecular flexibility index (Phi) is 5.55. The summed E-state index contributed by atoms with van der Waals surface area (Å²) >= 11 is 0. The predicted molar refractivity (Wildman–Crippen MR) is 112 cm³/mol. The molecule has 1 aromatic rings. The highest BCUT2D eigenvalue weighted by atomic mass is 32.2. The van der Waals surface area contributed by atoms with Gasteiger partial charge in [-0.2, -0.15) is 13.7 Å². The molecule has 30 heavy (non-hydrogen) atoms. The Morgan fingerprint density at radius 2 is 1.87 bits per heavy atom. The molecule has 2 atom stereocenters. The molecule has 0 saturated carbocycles. The molecule has 0 N–H and O–H groups in total. The molecule has 4 rings (SSSR count). The van der Waals surface area contributed by atoms with Crippen LogP contribution < -0.4 is 0 Å². The normalized spacial score (nSPS) is 24.5. The topological polar surface area (TPSA) is 97.1 Å². The van der Waals surface area contributed by atoms with E-state index in [9.17, 15) is 18.5 Å². The molecule has 1 unspecified atom stereocenters. The number of hydrogen-bond acceptors (Lipinski definition) is 6. The average molecular weight is 430 g/mol. The summed E-state index contributed by atoms with van der Waals surface area (Å²) in [6.45, 7) is 7.19. The van der Waals surface area contributed by atoms with E-state index in [4.69, 9.17) is 0 Å². The van der Waals surface area contributed by atoms with E-state index in [1.807, 2.05) is 23.6 Å². The molecule has 160 valence electrons. The third-order valence-corrected chi connectivity index (χ3v) is 7.53. The van der Waals surface area contributed by atoms with Crippen molar-refractivity contribution >= 4 is 21.8 Å². The van der Waals surface area contributed by atoms with Gasteiger partial charge < -0.3 is 9.80 Å². The molecule has 9 heteroatoms. The number of amidine groups is 1. The molecule has 3 heterocycles. The Balaban J connectivity index is 1.49. The maximum absolute atomic E-state index is 13.3. The van der Waals surface area contributed by atoms with Gasteiger partial charge >= 0.3 is 0 Å². The number of fused-ring (bicyclic) bond motifs is 1. The van der Waals surface area contributed by atoms with Crippen LogP contribution in [0.2, 0.25) is 0 Å². The Bertz CT molecular complexity index is 1010. The number of benzene rings is 1. The van der Waals surface area contributed by atoms with Crippen molar-refractivity contribution in [2.45, 2.75) is 43.7 Å². The van der Waals surface area contributed by atoms with Crippen molar-refractivity contribution in [2.75, 3.05) is 32.7 Å². The summed E-state index contributed by atoms with van der Waals surface area (Å²) in [6, 6.07) is 8.64. The second-order valence-corrected chi connectivity index (χ2v) is 9.99. The molecule has 1 aromatic carbocycles. The van der Waals surface area contributed by atoms with Crippen molar-refractivity contribution in [1.29, 1.82) is 5.26 Å². The van der Waals surface area contributed by atoms with Gasteiger partial charge in [-0.05, 0) is 30.9 Å². The van der Waals surface area contributed by atoms with Gasteiger partial charge in [-0.1, -0.05) is 26.0 Å². The summed E-state index contributed by atoms with van der Waals surface area (Å²) in [5.41, 5.74) is 0.579. The summed E-state index contributed by atoms with van der Waals surface area (Å²) in [4.78, 5) is 19.4. The number of rotatable bonds is 3. The summed E-state index contributed by atoms with van der Waals surface area (Å²) in [5, 5.41) is 9.43. The fourth-order valence-electron chi connectivity index (χ4n) is 4.66. The Morgan fingerprint density at radius 3 is 2.53 bits per heavy atom. The van der Waals surface area contributed by atoms with E-state index in [1.165, 1.54) is 0 Å². The highest BCUT2D eigenvalue weighted by molar-refractivity contribution is 7.90. The van der Waals surface area contributed by atoms with Gasteiger partial charge in [0.2, 0.25) is 5.91 Å². The van der Waals surface area contributed by atoms with Crippen LogP contribution in [0.3, 0.4) is 0 Å². The lowest BCUT2D eigenvalue weighted by Crippen LogP contribution is -2.56. The third-order valence-electron chi connectivity index (χ3n) is 6.21. The van der Waals surface area contributed by atoms with E-state index in [0.717, 1.165) is 6.42 Å². The second kappa shape index (κ2) is 8.00. The fraction of sp³-hybridized carbons (Fsp3) is 0.571. The molecule has 0 radical (unpaired) electrons. The average Bonchev–Trinajstić information content (AvgIpc) is 3.31. The minimum absolute atomic E-state index is 0.0229. The van der Waals surface area contributed by atoms with Gasteiger partial charge in [-0.3, -0.25) is 9.69 Å². The van der Waals surface area contributed by atoms with Crippen LogP contribution in [0.25, 0.3) is 0 Å². The number of carbonyl (C=O) groups is 1. The first kappa shape index (κ1) is 20.8. The lowest BCUT2D eigenvalue weighted by Gasteiger charge is -2.40. The van der Waals surface area contributed by atoms with Crippen molar-refractivity contribution in [3.05, 3.63) is 29.8 Å². The van der Waals surface area contributed by atoms with Crippen LogP contribution in [0.1, 0.15) is 32.3 Å². The molecule has 0 aliphatic carbocycles. The molecule has 0 aromatic heterocycles. The van der Waals surface area contributed by atoms with E-state index in [0.29, 0.717) is 50.5 Å². The minimum atomic E-state index is -3.71. The van der Waals surface area contributed by atoms with E-state index in [-0.39, 0.29) is 22.8 Å². The zero-order chi connectivity index (χ0) is 21.5. The van der Waals surface area contributed by atoms with E-state index < -0.39 is 16.1 Å². The number of hydrogen-bond donors (Lipinski definition) is 0. The molecule has 0 spiro atoms. The van der Waals surface area contributed by atoms with Crippen LogP contribution in [0.5, 0.6) is 0 Å². The summed E-state index contributed by atoms with van der Waals surface area (Å²) in [6.07, 6.45) is 1.51. The quantitative estimate of drug-likeness (QED) is 0.718. The van der Waals surface area contributed by atoms with Gasteiger partial charge in [0.15, 0.2) is 5.84 Å². The highest BCUT2D eigenvalue weighted by Gasteiger charge is 2.41. The molecule has 2 saturated heterocycles. The highest BCUT2D eigenvalue weighted by Crippen LogP contribution is 2.31. The number of likely N-dealkylation sites (tertiary alicyclic amines) is 1. The van der Waals surface area contributed by atoms with Gasteiger partial charge in [-0.25, -0.2) is 0 Å². The monoisotopic (exact) mass is 429 g/mol. The second-order valence-electron chi connectivity index (χ2n) is 8.42. The zero-order valence-corrected chi connectivity index (χ0v) is 18.2. The van der Waals surface area contributed by atoms with Crippen molar-refractivity contribution in [3.63, 3.8) is 0 Å². The third kappa shape index (κ3) is 3.59. The maximum atomic E-state index is 13.3. The van der Waals surface area contributed by atoms with Gasteiger partial charge in [-0.15, -0.1) is 4.40 Å². The maximum Gasteiger partial charge on any atom is 0.285 e. The largest absolute Gasteiger partial charge is 0.343 e. The summed E-state index contributed by atoms with van der Waals surface area (Å²) in [7, 11) is -3.71. The number of amides is 1. The van der Waals surface area contributed by atoms with Crippen LogP contribution >= 0.6 is 0 Å². The molecule has 8 nitrogen and oxygen atoms in total. The fourth-order valence-corrected chi connectivity index (χ4v) is 5.87. The molecule has 3 aliphatic rings. The van der Waals surface area contributed by atoms with Crippen LogP contribution in [-0.4, -0.2) is 79.7 Å². The van der Waals surface area contributed by atoms with Crippen LogP contribution in [-0.2, 0) is 14.8 Å². The van der Waals surface area contributed by atoms with Gasteiger partial charge in [0, 0.05) is 38.3 Å². The standard InChI is InChI=1S/C21H27N5O3S/c1-15(2)18(14-22)24-10-12-25(13-11-24)21(27)17-7-5-9-26(17)20-16-6-3-4-8-19(16)30(28,29)23-20/h3-4,6,8,15,17-18H,5,7,9-13H2,1-2H3/t17-,18?/m0/s1. The number of nitriles is 1. The Hall–Kier alpha value is -2.44. The first-order valence-electron chi connectivity index (χ1n) is 10.5. The van der Waals surface area contributed by atoms with Gasteiger partial charge in [0.1, 0.15) is 17.0 Å². The molecular weight excluding hydrogens is 402 g/mol. The Labute approximate surface area is 177 Å². The zero-order valence-electron chi connectivity index (χ0n) is 17.4. The van der Waals surface area contributed by atoms with Crippen LogP contribution in [0, 0.1) is 17.2 Å². The minimum Gasteiger partial charge on any atom is -0.343 e. The Morgan fingerprint density at radius 1 is 1.17 bits per heavy atom. The van der Waals surface area contributed by atoms with Crippen LogP contribution in [0.4, 0.5) is 0 Å². The number of piperazine rings is 1. The van der Waals surface area contributed by atoms with Crippen LogP contribution in [0.15, 0.2) is 33.6 Å². The van der Waals surface area contributed by atoms with E-state index >= 15 is 0 Å². The van der Waals surface area contributed by atoms with Crippen molar-refractivity contribution in [3.8, 4) is 6.07 Å². The molecule has 3 aliphatic heterocycles. The molecule has 0 bridgehead atoms. The molecule has 1 amide bonds. The first-order chi connectivity index (χ1) is 14.3. The number of nitrogens with zero attached hydrogens (tertiary/aromatic N) is 5. The number of carbonyl (C=O) groups excluding carboxylic acids is 1. The first-order valence-corrected chi connectivity index (χ1v) is 11.9. The molecular formula is C21H27N5O3S. The predicted octanol–water partition coefficient (Wildman–Crippen LogP) is 1.29.